The molecule has 2 heterocycles. The van der Waals surface area contributed by atoms with Crippen LogP contribution in [0.15, 0.2) is 48.5 Å². The molecule has 4 nitrogen and oxygen atoms in total. The van der Waals surface area contributed by atoms with Crippen molar-refractivity contribution in [3.05, 3.63) is 58.5 Å². The second-order valence-corrected chi connectivity index (χ2v) is 9.16. The van der Waals surface area contributed by atoms with Crippen LogP contribution in [0.4, 0.5) is 0 Å². The molecule has 28 heavy (non-hydrogen) atoms. The van der Waals surface area contributed by atoms with E-state index in [1.165, 1.54) is 9.40 Å². The van der Waals surface area contributed by atoms with Crippen LogP contribution in [-0.4, -0.2) is 27.8 Å². The largest absolute Gasteiger partial charge is 0.337 e. The number of carbonyl (C=O) groups is 1. The van der Waals surface area contributed by atoms with Crippen LogP contribution in [0.5, 0.6) is 0 Å². The van der Waals surface area contributed by atoms with Gasteiger partial charge < -0.3 is 4.90 Å². The third-order valence-electron chi connectivity index (χ3n) is 5.01. The molecular formula is C22H23N3OS2. The van der Waals surface area contributed by atoms with Crippen molar-refractivity contribution < 1.29 is 4.79 Å². The zero-order valence-corrected chi connectivity index (χ0v) is 17.7. The summed E-state index contributed by atoms with van der Waals surface area (Å²) in [5.41, 5.74) is 2.08. The molecular weight excluding hydrogens is 386 g/mol. The summed E-state index contributed by atoms with van der Waals surface area (Å²) in [6.45, 7) is 2.05. The first-order valence-corrected chi connectivity index (χ1v) is 11.2. The first-order valence-electron chi connectivity index (χ1n) is 9.57. The topological polar surface area (TPSA) is 46.1 Å². The smallest absolute Gasteiger partial charge is 0.222 e. The van der Waals surface area contributed by atoms with E-state index in [4.69, 9.17) is 4.98 Å². The molecule has 0 fully saturated rings. The molecule has 0 saturated carbocycles. The van der Waals surface area contributed by atoms with Crippen molar-refractivity contribution in [3.8, 4) is 0 Å². The first kappa shape index (κ1) is 19.0. The number of aryl methyl sites for hydroxylation is 1. The number of hydrogen-bond donors (Lipinski definition) is 0. The molecule has 0 spiro atoms. The van der Waals surface area contributed by atoms with Gasteiger partial charge in [-0.25, -0.2) is 9.97 Å². The van der Waals surface area contributed by atoms with E-state index < -0.39 is 0 Å². The summed E-state index contributed by atoms with van der Waals surface area (Å²) < 4.78 is 2.40. The minimum atomic E-state index is -0.00541. The average molecular weight is 410 g/mol. The normalized spacial score (nSPS) is 12.5. The molecule has 1 amide bonds. The van der Waals surface area contributed by atoms with Gasteiger partial charge in [-0.2, -0.15) is 0 Å². The Morgan fingerprint density at radius 1 is 0.964 bits per heavy atom. The highest BCUT2D eigenvalue weighted by Gasteiger charge is 2.20. The number of aromatic nitrogens is 2. The molecule has 1 atom stereocenters. The van der Waals surface area contributed by atoms with Crippen molar-refractivity contribution in [3.63, 3.8) is 0 Å². The Bertz CT molecular complexity index is 1040. The van der Waals surface area contributed by atoms with Crippen molar-refractivity contribution in [2.45, 2.75) is 38.6 Å². The van der Waals surface area contributed by atoms with Crippen molar-refractivity contribution in [1.29, 1.82) is 0 Å². The lowest BCUT2D eigenvalue weighted by molar-refractivity contribution is -0.131. The fraction of sp³-hybridized carbons (Fsp3) is 0.318. The van der Waals surface area contributed by atoms with Gasteiger partial charge in [0.1, 0.15) is 5.01 Å². The molecule has 6 heteroatoms. The maximum Gasteiger partial charge on any atom is 0.222 e. The highest BCUT2D eigenvalue weighted by atomic mass is 32.1. The molecule has 0 saturated heterocycles. The second-order valence-electron chi connectivity index (χ2n) is 6.98. The van der Waals surface area contributed by atoms with E-state index in [-0.39, 0.29) is 11.9 Å². The molecule has 4 rings (SSSR count). The standard InChI is InChI=1S/C22H23N3OS2/c1-15(22-24-17-10-4-6-12-19(17)28-22)25(2)21(26)14-8-7-13-20-23-16-9-3-5-11-18(16)27-20/h3-6,9-12,15H,7-8,13-14H2,1-2H3/t15-/m0/s1. The number of rotatable bonds is 7. The van der Waals surface area contributed by atoms with Crippen LogP contribution in [-0.2, 0) is 11.2 Å². The quantitative estimate of drug-likeness (QED) is 0.360. The van der Waals surface area contributed by atoms with Crippen molar-refractivity contribution >= 4 is 49.0 Å². The average Bonchev–Trinajstić information content (AvgIpc) is 3.33. The molecule has 0 aliphatic rings. The molecule has 0 aliphatic carbocycles. The van der Waals surface area contributed by atoms with Crippen molar-refractivity contribution in [1.82, 2.24) is 14.9 Å². The van der Waals surface area contributed by atoms with Crippen molar-refractivity contribution in [2.75, 3.05) is 7.05 Å². The van der Waals surface area contributed by atoms with E-state index >= 15 is 0 Å². The van der Waals surface area contributed by atoms with Gasteiger partial charge in [-0.1, -0.05) is 24.3 Å². The Kier molecular flexibility index (Phi) is 5.69. The van der Waals surface area contributed by atoms with Gasteiger partial charge in [-0.15, -0.1) is 22.7 Å². The number of thiazole rings is 2. The molecule has 0 N–H and O–H groups in total. The monoisotopic (exact) mass is 409 g/mol. The summed E-state index contributed by atoms with van der Waals surface area (Å²) >= 11 is 3.42. The van der Waals surface area contributed by atoms with Gasteiger partial charge >= 0.3 is 0 Å². The number of nitrogens with zero attached hydrogens (tertiary/aromatic N) is 3. The Morgan fingerprint density at radius 3 is 2.29 bits per heavy atom. The van der Waals surface area contributed by atoms with Crippen LogP contribution in [0.25, 0.3) is 20.4 Å². The minimum Gasteiger partial charge on any atom is -0.337 e. The second kappa shape index (κ2) is 8.37. The minimum absolute atomic E-state index is 0.00541. The first-order chi connectivity index (χ1) is 13.6. The third-order valence-corrected chi connectivity index (χ3v) is 7.31. The van der Waals surface area contributed by atoms with E-state index in [1.807, 2.05) is 42.3 Å². The summed E-state index contributed by atoms with van der Waals surface area (Å²) in [4.78, 5) is 23.8. The lowest BCUT2D eigenvalue weighted by atomic mass is 10.1. The number of carbonyl (C=O) groups excluding carboxylic acids is 1. The Labute approximate surface area is 172 Å². The summed E-state index contributed by atoms with van der Waals surface area (Å²) in [5.74, 6) is 0.177. The van der Waals surface area contributed by atoms with E-state index in [2.05, 4.69) is 30.1 Å². The molecule has 2 aromatic carbocycles. The molecule has 0 bridgehead atoms. The SMILES string of the molecule is C[C@@H](c1nc2ccccc2s1)N(C)C(=O)CCCCc1nc2ccccc2s1. The summed E-state index contributed by atoms with van der Waals surface area (Å²) in [6, 6.07) is 16.3. The third kappa shape index (κ3) is 4.08. The fourth-order valence-corrected chi connectivity index (χ4v) is 5.28. The summed E-state index contributed by atoms with van der Waals surface area (Å²) in [5, 5.41) is 2.15. The molecule has 0 aliphatic heterocycles. The van der Waals surface area contributed by atoms with Crippen LogP contribution < -0.4 is 0 Å². The predicted octanol–water partition coefficient (Wildman–Crippen LogP) is 5.84. The van der Waals surface area contributed by atoms with Crippen LogP contribution in [0.1, 0.15) is 42.2 Å². The highest BCUT2D eigenvalue weighted by molar-refractivity contribution is 7.18. The zero-order valence-electron chi connectivity index (χ0n) is 16.1. The molecule has 4 aromatic rings. The van der Waals surface area contributed by atoms with Crippen LogP contribution in [0.3, 0.4) is 0 Å². The van der Waals surface area contributed by atoms with Gasteiger partial charge in [0.25, 0.3) is 0 Å². The number of benzene rings is 2. The molecule has 0 unspecified atom stereocenters. The number of para-hydroxylation sites is 2. The van der Waals surface area contributed by atoms with Crippen LogP contribution >= 0.6 is 22.7 Å². The maximum absolute atomic E-state index is 12.6. The predicted molar refractivity (Wildman–Crippen MR) is 118 cm³/mol. The van der Waals surface area contributed by atoms with Gasteiger partial charge in [0.05, 0.1) is 31.5 Å². The van der Waals surface area contributed by atoms with E-state index in [0.717, 1.165) is 40.3 Å². The number of unbranched alkanes of at least 4 members (excludes halogenated alkanes) is 1. The van der Waals surface area contributed by atoms with Crippen LogP contribution in [0, 0.1) is 0 Å². The zero-order chi connectivity index (χ0) is 19.5. The fourth-order valence-electron chi connectivity index (χ4n) is 3.21. The Hall–Kier alpha value is -2.31. The Balaban J connectivity index is 1.29. The Morgan fingerprint density at radius 2 is 1.61 bits per heavy atom. The number of fused-ring (bicyclic) bond motifs is 2. The van der Waals surface area contributed by atoms with Gasteiger partial charge in [0.2, 0.25) is 5.91 Å². The van der Waals surface area contributed by atoms with E-state index in [1.54, 1.807) is 22.7 Å². The van der Waals surface area contributed by atoms with Gasteiger partial charge in [-0.3, -0.25) is 4.79 Å². The summed E-state index contributed by atoms with van der Waals surface area (Å²) in [7, 11) is 1.88. The number of amides is 1. The lowest BCUT2D eigenvalue weighted by Crippen LogP contribution is -2.29. The maximum atomic E-state index is 12.6. The lowest BCUT2D eigenvalue weighted by Gasteiger charge is -2.23. The van der Waals surface area contributed by atoms with Gasteiger partial charge in [0.15, 0.2) is 0 Å². The van der Waals surface area contributed by atoms with Crippen LogP contribution in [0.2, 0.25) is 0 Å². The molecule has 0 radical (unpaired) electrons. The van der Waals surface area contributed by atoms with E-state index in [0.29, 0.717) is 6.42 Å². The molecule has 2 aromatic heterocycles. The highest BCUT2D eigenvalue weighted by Crippen LogP contribution is 2.29. The van der Waals surface area contributed by atoms with Crippen molar-refractivity contribution in [2.24, 2.45) is 0 Å². The summed E-state index contributed by atoms with van der Waals surface area (Å²) in [6.07, 6.45) is 3.36. The van der Waals surface area contributed by atoms with Gasteiger partial charge in [0, 0.05) is 13.5 Å². The molecule has 144 valence electrons. The number of hydrogen-bond acceptors (Lipinski definition) is 5. The van der Waals surface area contributed by atoms with Gasteiger partial charge in [-0.05, 0) is 50.5 Å². The van der Waals surface area contributed by atoms with E-state index in [9.17, 15) is 4.79 Å².